The van der Waals surface area contributed by atoms with Gasteiger partial charge >= 0.3 is 6.18 Å². The summed E-state index contributed by atoms with van der Waals surface area (Å²) >= 11 is 0. The molecule has 1 N–H and O–H groups in total. The maximum absolute atomic E-state index is 13.1. The summed E-state index contributed by atoms with van der Waals surface area (Å²) in [7, 11) is 1.63. The van der Waals surface area contributed by atoms with Crippen molar-refractivity contribution in [1.82, 2.24) is 5.32 Å². The van der Waals surface area contributed by atoms with Crippen LogP contribution in [0, 0.1) is 5.82 Å². The minimum Gasteiger partial charge on any atom is -0.391 e. The van der Waals surface area contributed by atoms with Crippen molar-refractivity contribution < 1.29 is 22.4 Å². The highest BCUT2D eigenvalue weighted by atomic mass is 19.4. The van der Waals surface area contributed by atoms with E-state index in [1.807, 2.05) is 0 Å². The van der Waals surface area contributed by atoms with Gasteiger partial charge in [0, 0.05) is 24.7 Å². The average molecular weight is 349 g/mol. The van der Waals surface area contributed by atoms with Crippen molar-refractivity contribution in [3.05, 3.63) is 76.7 Å². The Labute approximate surface area is 142 Å². The molecule has 1 aliphatic carbocycles. The second kappa shape index (κ2) is 6.35. The fraction of sp³-hybridized carbons (Fsp3) is 0.211. The molecule has 3 rings (SSSR count). The second-order valence-corrected chi connectivity index (χ2v) is 5.85. The number of carbonyl (C=O) groups excluding carboxylic acids is 1. The van der Waals surface area contributed by atoms with E-state index in [9.17, 15) is 22.4 Å². The van der Waals surface area contributed by atoms with Gasteiger partial charge in [0.05, 0.1) is 11.5 Å². The van der Waals surface area contributed by atoms with Crippen molar-refractivity contribution >= 4 is 11.4 Å². The summed E-state index contributed by atoms with van der Waals surface area (Å²) in [6.45, 7) is 0. The molecule has 0 radical (unpaired) electrons. The fourth-order valence-corrected chi connectivity index (χ4v) is 3.08. The zero-order chi connectivity index (χ0) is 18.2. The van der Waals surface area contributed by atoms with Gasteiger partial charge in [-0.05, 0) is 35.4 Å². The monoisotopic (exact) mass is 349 g/mol. The van der Waals surface area contributed by atoms with Crippen LogP contribution in [0.15, 0.2) is 54.2 Å². The molecule has 0 spiro atoms. The summed E-state index contributed by atoms with van der Waals surface area (Å²) in [4.78, 5) is 12.8. The SMILES string of the molecule is CNC1=C(c2cccc(C(F)(F)F)c2)C(=O)C(c2ccc(F)cc2)C1. The lowest BCUT2D eigenvalue weighted by atomic mass is 9.92. The Bertz CT molecular complexity index is 837. The fourth-order valence-electron chi connectivity index (χ4n) is 3.08. The van der Waals surface area contributed by atoms with Crippen LogP contribution in [0.25, 0.3) is 5.57 Å². The Morgan fingerprint density at radius 3 is 2.36 bits per heavy atom. The number of hydrogen-bond acceptors (Lipinski definition) is 2. The molecule has 0 aliphatic heterocycles. The van der Waals surface area contributed by atoms with Crippen molar-refractivity contribution in [3.8, 4) is 0 Å². The lowest BCUT2D eigenvalue weighted by molar-refractivity contribution is -0.137. The third kappa shape index (κ3) is 3.29. The minimum atomic E-state index is -4.48. The number of alkyl halides is 3. The van der Waals surface area contributed by atoms with Crippen LogP contribution in [-0.2, 0) is 11.0 Å². The molecule has 0 heterocycles. The third-order valence-electron chi connectivity index (χ3n) is 4.33. The van der Waals surface area contributed by atoms with E-state index in [2.05, 4.69) is 5.32 Å². The number of carbonyl (C=O) groups is 1. The summed E-state index contributed by atoms with van der Waals surface area (Å²) in [5.41, 5.74) is 0.905. The molecule has 6 heteroatoms. The highest BCUT2D eigenvalue weighted by molar-refractivity contribution is 6.26. The van der Waals surface area contributed by atoms with Crippen LogP contribution >= 0.6 is 0 Å². The van der Waals surface area contributed by atoms with Crippen LogP contribution in [0.3, 0.4) is 0 Å². The van der Waals surface area contributed by atoms with Gasteiger partial charge in [-0.15, -0.1) is 0 Å². The van der Waals surface area contributed by atoms with Crippen LogP contribution < -0.4 is 5.32 Å². The standard InChI is InChI=1S/C19H15F4NO/c1-24-16-10-15(11-5-7-14(20)8-6-11)18(25)17(16)12-3-2-4-13(9-12)19(21,22)23/h2-9,15,24H,10H2,1H3. The van der Waals surface area contributed by atoms with Gasteiger partial charge in [0.25, 0.3) is 0 Å². The van der Waals surface area contributed by atoms with E-state index in [1.54, 1.807) is 7.05 Å². The molecule has 0 saturated heterocycles. The lowest BCUT2D eigenvalue weighted by Crippen LogP contribution is -2.10. The molecular weight excluding hydrogens is 334 g/mol. The number of hydrogen-bond donors (Lipinski definition) is 1. The Balaban J connectivity index is 2.00. The number of nitrogens with one attached hydrogen (secondary N) is 1. The van der Waals surface area contributed by atoms with E-state index in [0.29, 0.717) is 17.7 Å². The highest BCUT2D eigenvalue weighted by Gasteiger charge is 2.36. The predicted octanol–water partition coefficient (Wildman–Crippen LogP) is 4.53. The molecule has 0 saturated carbocycles. The maximum atomic E-state index is 13.1. The van der Waals surface area contributed by atoms with Gasteiger partial charge in [-0.2, -0.15) is 13.2 Å². The number of halogens is 4. The smallest absolute Gasteiger partial charge is 0.391 e. The molecule has 0 amide bonds. The summed E-state index contributed by atoms with van der Waals surface area (Å²) in [6.07, 6.45) is -4.14. The Kier molecular flexibility index (Phi) is 4.37. The Hall–Kier alpha value is -2.63. The first-order chi connectivity index (χ1) is 11.8. The quantitative estimate of drug-likeness (QED) is 0.825. The van der Waals surface area contributed by atoms with E-state index in [1.165, 1.54) is 36.4 Å². The van der Waals surface area contributed by atoms with E-state index in [4.69, 9.17) is 0 Å². The van der Waals surface area contributed by atoms with Crippen LogP contribution in [-0.4, -0.2) is 12.8 Å². The van der Waals surface area contributed by atoms with Gasteiger partial charge in [0.15, 0.2) is 5.78 Å². The first kappa shape index (κ1) is 17.2. The molecule has 130 valence electrons. The lowest BCUT2D eigenvalue weighted by Gasteiger charge is -2.11. The van der Waals surface area contributed by atoms with Crippen LogP contribution in [0.4, 0.5) is 17.6 Å². The van der Waals surface area contributed by atoms with Gasteiger partial charge in [-0.25, -0.2) is 4.39 Å². The van der Waals surface area contributed by atoms with Crippen LogP contribution in [0.1, 0.15) is 29.0 Å². The molecular formula is C19H15F4NO. The highest BCUT2D eigenvalue weighted by Crippen LogP contribution is 2.40. The molecule has 25 heavy (non-hydrogen) atoms. The zero-order valence-electron chi connectivity index (χ0n) is 13.3. The molecule has 1 unspecified atom stereocenters. The van der Waals surface area contributed by atoms with E-state index >= 15 is 0 Å². The summed E-state index contributed by atoms with van der Waals surface area (Å²) in [6, 6.07) is 10.3. The number of rotatable bonds is 3. The summed E-state index contributed by atoms with van der Waals surface area (Å²) in [5.74, 6) is -1.21. The van der Waals surface area contributed by atoms with Crippen LogP contribution in [0.5, 0.6) is 0 Å². The van der Waals surface area contributed by atoms with Crippen molar-refractivity contribution in [2.75, 3.05) is 7.05 Å². The molecule has 0 aromatic heterocycles. The van der Waals surface area contributed by atoms with Gasteiger partial charge < -0.3 is 5.32 Å². The van der Waals surface area contributed by atoms with Crippen molar-refractivity contribution in [1.29, 1.82) is 0 Å². The molecule has 0 fully saturated rings. The molecule has 0 bridgehead atoms. The first-order valence-electron chi connectivity index (χ1n) is 7.69. The van der Waals surface area contributed by atoms with E-state index in [0.717, 1.165) is 12.1 Å². The zero-order valence-corrected chi connectivity index (χ0v) is 13.3. The maximum Gasteiger partial charge on any atom is 0.416 e. The molecule has 2 nitrogen and oxygen atoms in total. The van der Waals surface area contributed by atoms with Crippen molar-refractivity contribution in [2.24, 2.45) is 0 Å². The van der Waals surface area contributed by atoms with Gasteiger partial charge in [-0.1, -0.05) is 24.3 Å². The van der Waals surface area contributed by atoms with Gasteiger partial charge in [0.1, 0.15) is 5.82 Å². The van der Waals surface area contributed by atoms with Crippen LogP contribution in [0.2, 0.25) is 0 Å². The molecule has 2 aromatic rings. The topological polar surface area (TPSA) is 29.1 Å². The number of ketones is 1. The Morgan fingerprint density at radius 2 is 1.76 bits per heavy atom. The van der Waals surface area contributed by atoms with Crippen molar-refractivity contribution in [2.45, 2.75) is 18.5 Å². The third-order valence-corrected chi connectivity index (χ3v) is 4.33. The van der Waals surface area contributed by atoms with Crippen molar-refractivity contribution in [3.63, 3.8) is 0 Å². The Morgan fingerprint density at radius 1 is 1.08 bits per heavy atom. The molecule has 2 aromatic carbocycles. The largest absolute Gasteiger partial charge is 0.416 e. The number of allylic oxidation sites excluding steroid dienone is 2. The van der Waals surface area contributed by atoms with Gasteiger partial charge in [0.2, 0.25) is 0 Å². The molecule has 1 atom stereocenters. The minimum absolute atomic E-state index is 0.230. The van der Waals surface area contributed by atoms with Gasteiger partial charge in [-0.3, -0.25) is 4.79 Å². The van der Waals surface area contributed by atoms with E-state index in [-0.39, 0.29) is 16.9 Å². The number of benzene rings is 2. The first-order valence-corrected chi connectivity index (χ1v) is 7.69. The summed E-state index contributed by atoms with van der Waals surface area (Å²) in [5, 5.41) is 2.92. The normalized spacial score (nSPS) is 18.0. The predicted molar refractivity (Wildman–Crippen MR) is 86.2 cm³/mol. The average Bonchev–Trinajstić information content (AvgIpc) is 2.91. The van der Waals surface area contributed by atoms with E-state index < -0.39 is 23.5 Å². The summed E-state index contributed by atoms with van der Waals surface area (Å²) < 4.78 is 52.0. The number of Topliss-reactive ketones (excluding diaryl/α,β-unsaturated/α-hetero) is 1. The molecule has 1 aliphatic rings. The second-order valence-electron chi connectivity index (χ2n) is 5.85.